The third kappa shape index (κ3) is 3.91. The third-order valence-corrected chi connectivity index (χ3v) is 5.35. The highest BCUT2D eigenvalue weighted by molar-refractivity contribution is 5.78. The molecule has 1 fully saturated rings. The van der Waals surface area contributed by atoms with E-state index in [0.717, 1.165) is 0 Å². The van der Waals surface area contributed by atoms with Gasteiger partial charge in [0.15, 0.2) is 0 Å². The van der Waals surface area contributed by atoms with Gasteiger partial charge in [-0.15, -0.1) is 0 Å². The molecule has 0 radical (unpaired) electrons. The minimum absolute atomic E-state index is 0.0360. The first-order valence-electron chi connectivity index (χ1n) is 9.52. The SMILES string of the molecule is Cc1cc(=O)n2[nH]c(CC(=O)NCC3(c4ccccc4F)CCOCC3)nc2n1. The van der Waals surface area contributed by atoms with E-state index in [2.05, 4.69) is 20.4 Å². The van der Waals surface area contributed by atoms with Gasteiger partial charge in [0.05, 0.1) is 6.42 Å². The van der Waals surface area contributed by atoms with E-state index < -0.39 is 5.41 Å². The number of fused-ring (bicyclic) bond motifs is 1. The maximum absolute atomic E-state index is 14.5. The number of hydrogen-bond donors (Lipinski definition) is 2. The molecule has 1 saturated heterocycles. The van der Waals surface area contributed by atoms with Crippen molar-refractivity contribution in [3.8, 4) is 0 Å². The Kier molecular flexibility index (Phi) is 5.14. The number of hydrogen-bond acceptors (Lipinski definition) is 5. The fourth-order valence-corrected chi connectivity index (χ4v) is 3.79. The number of ether oxygens (including phenoxy) is 1. The van der Waals surface area contributed by atoms with Gasteiger partial charge < -0.3 is 10.1 Å². The van der Waals surface area contributed by atoms with E-state index in [1.54, 1.807) is 25.1 Å². The average Bonchev–Trinajstić information content (AvgIpc) is 3.10. The topological polar surface area (TPSA) is 101 Å². The molecule has 4 rings (SSSR count). The highest BCUT2D eigenvalue weighted by Crippen LogP contribution is 2.35. The molecule has 1 amide bonds. The molecule has 8 nitrogen and oxygen atoms in total. The number of aryl methyl sites for hydroxylation is 1. The van der Waals surface area contributed by atoms with Crippen molar-refractivity contribution in [2.45, 2.75) is 31.6 Å². The fourth-order valence-electron chi connectivity index (χ4n) is 3.79. The van der Waals surface area contributed by atoms with E-state index in [4.69, 9.17) is 4.74 Å². The van der Waals surface area contributed by atoms with E-state index in [1.165, 1.54) is 16.6 Å². The second-order valence-corrected chi connectivity index (χ2v) is 7.37. The summed E-state index contributed by atoms with van der Waals surface area (Å²) in [6, 6.07) is 8.06. The van der Waals surface area contributed by atoms with Gasteiger partial charge >= 0.3 is 0 Å². The van der Waals surface area contributed by atoms with Crippen molar-refractivity contribution in [3.63, 3.8) is 0 Å². The van der Waals surface area contributed by atoms with Crippen LogP contribution in [-0.4, -0.2) is 45.2 Å². The van der Waals surface area contributed by atoms with E-state index in [0.29, 0.717) is 49.7 Å². The molecule has 3 heterocycles. The number of aromatic nitrogens is 4. The molecule has 1 aliphatic rings. The molecular weight excluding hydrogens is 377 g/mol. The molecule has 1 aliphatic heterocycles. The molecule has 0 bridgehead atoms. The lowest BCUT2D eigenvalue weighted by molar-refractivity contribution is -0.121. The van der Waals surface area contributed by atoms with Crippen molar-refractivity contribution in [1.82, 2.24) is 24.9 Å². The number of halogens is 1. The minimum atomic E-state index is -0.511. The molecule has 3 aromatic rings. The van der Waals surface area contributed by atoms with Crippen LogP contribution in [0.4, 0.5) is 4.39 Å². The largest absolute Gasteiger partial charge is 0.381 e. The van der Waals surface area contributed by atoms with Crippen molar-refractivity contribution >= 4 is 11.7 Å². The Morgan fingerprint density at radius 1 is 1.31 bits per heavy atom. The summed E-state index contributed by atoms with van der Waals surface area (Å²) in [7, 11) is 0. The summed E-state index contributed by atoms with van der Waals surface area (Å²) in [4.78, 5) is 32.9. The molecule has 29 heavy (non-hydrogen) atoms. The van der Waals surface area contributed by atoms with Crippen molar-refractivity contribution in [2.75, 3.05) is 19.8 Å². The number of carbonyl (C=O) groups excluding carboxylic acids is 1. The first-order valence-corrected chi connectivity index (χ1v) is 9.52. The second-order valence-electron chi connectivity index (χ2n) is 7.37. The molecule has 9 heteroatoms. The summed E-state index contributed by atoms with van der Waals surface area (Å²) in [6.07, 6.45) is 1.21. The maximum atomic E-state index is 14.5. The van der Waals surface area contributed by atoms with Crippen LogP contribution in [0.2, 0.25) is 0 Å². The van der Waals surface area contributed by atoms with Gasteiger partial charge in [-0.25, -0.2) is 9.37 Å². The maximum Gasteiger partial charge on any atom is 0.274 e. The Balaban J connectivity index is 1.49. The highest BCUT2D eigenvalue weighted by atomic mass is 19.1. The monoisotopic (exact) mass is 399 g/mol. The molecule has 152 valence electrons. The van der Waals surface area contributed by atoms with E-state index >= 15 is 0 Å². The molecular formula is C20H22FN5O3. The van der Waals surface area contributed by atoms with Gasteiger partial charge in [0.25, 0.3) is 11.3 Å². The number of benzene rings is 1. The Hall–Kier alpha value is -3.07. The molecule has 0 saturated carbocycles. The van der Waals surface area contributed by atoms with Crippen LogP contribution in [-0.2, 0) is 21.4 Å². The van der Waals surface area contributed by atoms with Crippen LogP contribution in [0.1, 0.15) is 29.9 Å². The summed E-state index contributed by atoms with van der Waals surface area (Å²) in [6.45, 7) is 3.04. The molecule has 2 N–H and O–H groups in total. The molecule has 0 spiro atoms. The average molecular weight is 399 g/mol. The molecule has 0 aliphatic carbocycles. The predicted octanol–water partition coefficient (Wildman–Crippen LogP) is 1.27. The number of rotatable bonds is 5. The Bertz CT molecular complexity index is 1100. The van der Waals surface area contributed by atoms with Crippen molar-refractivity contribution in [2.24, 2.45) is 0 Å². The molecule has 0 atom stereocenters. The van der Waals surface area contributed by atoms with Gasteiger partial charge in [-0.3, -0.25) is 14.7 Å². The van der Waals surface area contributed by atoms with Crippen LogP contribution in [0, 0.1) is 12.7 Å². The van der Waals surface area contributed by atoms with Gasteiger partial charge in [-0.1, -0.05) is 18.2 Å². The van der Waals surface area contributed by atoms with Gasteiger partial charge in [0, 0.05) is 36.9 Å². The van der Waals surface area contributed by atoms with Crippen LogP contribution in [0.25, 0.3) is 5.78 Å². The lowest BCUT2D eigenvalue weighted by Crippen LogP contribution is -2.45. The van der Waals surface area contributed by atoms with Crippen LogP contribution >= 0.6 is 0 Å². The normalized spacial score (nSPS) is 16.1. The summed E-state index contributed by atoms with van der Waals surface area (Å²) in [5, 5.41) is 5.71. The number of nitrogens with one attached hydrogen (secondary N) is 2. The number of aromatic amines is 1. The van der Waals surface area contributed by atoms with Crippen molar-refractivity contribution in [1.29, 1.82) is 0 Å². The van der Waals surface area contributed by atoms with Crippen LogP contribution in [0.15, 0.2) is 35.1 Å². The van der Waals surface area contributed by atoms with E-state index in [9.17, 15) is 14.0 Å². The van der Waals surface area contributed by atoms with Crippen LogP contribution in [0.5, 0.6) is 0 Å². The van der Waals surface area contributed by atoms with E-state index in [1.807, 2.05) is 0 Å². The van der Waals surface area contributed by atoms with Crippen LogP contribution in [0.3, 0.4) is 0 Å². The number of amides is 1. The van der Waals surface area contributed by atoms with Gasteiger partial charge in [0.2, 0.25) is 5.91 Å². The number of nitrogens with zero attached hydrogens (tertiary/aromatic N) is 3. The number of carbonyl (C=O) groups is 1. The summed E-state index contributed by atoms with van der Waals surface area (Å²) >= 11 is 0. The zero-order valence-corrected chi connectivity index (χ0v) is 16.1. The van der Waals surface area contributed by atoms with Gasteiger partial charge in [0.1, 0.15) is 11.6 Å². The molecule has 1 aromatic carbocycles. The third-order valence-electron chi connectivity index (χ3n) is 5.35. The lowest BCUT2D eigenvalue weighted by Gasteiger charge is -2.38. The Morgan fingerprint density at radius 2 is 2.07 bits per heavy atom. The Morgan fingerprint density at radius 3 is 2.83 bits per heavy atom. The summed E-state index contributed by atoms with van der Waals surface area (Å²) in [5.41, 5.74) is 0.359. The van der Waals surface area contributed by atoms with Gasteiger partial charge in [-0.2, -0.15) is 9.50 Å². The van der Waals surface area contributed by atoms with Crippen LogP contribution < -0.4 is 10.9 Å². The summed E-state index contributed by atoms with van der Waals surface area (Å²) in [5.74, 6) is 0.0208. The fraction of sp³-hybridized carbons (Fsp3) is 0.400. The first-order chi connectivity index (χ1) is 14.0. The quantitative estimate of drug-likeness (QED) is 0.673. The lowest BCUT2D eigenvalue weighted by atomic mass is 9.74. The predicted molar refractivity (Wildman–Crippen MR) is 103 cm³/mol. The zero-order valence-electron chi connectivity index (χ0n) is 16.1. The standard InChI is InChI=1S/C20H22FN5O3/c1-13-10-18(28)26-19(23-13)24-16(25-26)11-17(27)22-12-20(6-8-29-9-7-20)14-4-2-3-5-15(14)21/h2-5,10H,6-9,11-12H2,1H3,(H,22,27)(H,23,24,25). The van der Waals surface area contributed by atoms with E-state index in [-0.39, 0.29) is 29.5 Å². The first kappa shape index (κ1) is 19.3. The Labute approximate surface area is 166 Å². The highest BCUT2D eigenvalue weighted by Gasteiger charge is 2.36. The van der Waals surface area contributed by atoms with Crippen molar-refractivity contribution < 1.29 is 13.9 Å². The number of H-pyrrole nitrogens is 1. The van der Waals surface area contributed by atoms with Gasteiger partial charge in [-0.05, 0) is 31.4 Å². The smallest absolute Gasteiger partial charge is 0.274 e. The summed E-state index contributed by atoms with van der Waals surface area (Å²) < 4.78 is 21.1. The molecule has 0 unspecified atom stereocenters. The zero-order chi connectivity index (χ0) is 20.4. The second kappa shape index (κ2) is 7.75. The molecule has 2 aromatic heterocycles. The minimum Gasteiger partial charge on any atom is -0.381 e. The van der Waals surface area contributed by atoms with Crippen molar-refractivity contribution in [3.05, 3.63) is 63.6 Å².